The summed E-state index contributed by atoms with van der Waals surface area (Å²) < 4.78 is 37.8. The van der Waals surface area contributed by atoms with Crippen LogP contribution >= 0.6 is 0 Å². The van der Waals surface area contributed by atoms with Crippen molar-refractivity contribution in [2.75, 3.05) is 0 Å². The lowest BCUT2D eigenvalue weighted by Gasteiger charge is -2.22. The fourth-order valence-electron chi connectivity index (χ4n) is 3.45. The summed E-state index contributed by atoms with van der Waals surface area (Å²) in [6.07, 6.45) is 9.00. The number of benzene rings is 1. The molecule has 156 valence electrons. The Hall–Kier alpha value is -3.10. The average Bonchev–Trinajstić information content (AvgIpc) is 3.43. The van der Waals surface area contributed by atoms with Crippen LogP contribution in [0.5, 0.6) is 0 Å². The lowest BCUT2D eigenvalue weighted by molar-refractivity contribution is -0.117. The first-order valence-corrected chi connectivity index (χ1v) is 11.2. The molecule has 1 unspecified atom stereocenters. The minimum Gasteiger partial charge on any atom is -0.469 e. The van der Waals surface area contributed by atoms with Crippen molar-refractivity contribution in [1.29, 1.82) is 0 Å². The zero-order valence-electron chi connectivity index (χ0n) is 16.2. The molecule has 8 heteroatoms. The molecular formula is C22H22N2O5S. The monoisotopic (exact) mass is 426 g/mol. The number of carbonyl (C=O) groups excluding carboxylic acids is 1. The molecule has 0 bridgehead atoms. The van der Waals surface area contributed by atoms with Crippen molar-refractivity contribution in [2.24, 2.45) is 0 Å². The van der Waals surface area contributed by atoms with E-state index in [1.807, 2.05) is 6.07 Å². The van der Waals surface area contributed by atoms with Crippen LogP contribution in [0.2, 0.25) is 0 Å². The average molecular weight is 426 g/mol. The molecule has 0 saturated heterocycles. The summed E-state index contributed by atoms with van der Waals surface area (Å²) in [6, 6.07) is 11.6. The Labute approximate surface area is 174 Å². The molecule has 1 aliphatic rings. The third-order valence-electron chi connectivity index (χ3n) is 5.00. The molecule has 2 N–H and O–H groups in total. The topological polar surface area (TPSA) is 102 Å². The van der Waals surface area contributed by atoms with Crippen LogP contribution in [0.25, 0.3) is 6.08 Å². The second-order valence-electron chi connectivity index (χ2n) is 7.06. The van der Waals surface area contributed by atoms with E-state index in [4.69, 9.17) is 8.83 Å². The highest BCUT2D eigenvalue weighted by Gasteiger charge is 2.23. The highest BCUT2D eigenvalue weighted by atomic mass is 32.2. The van der Waals surface area contributed by atoms with E-state index in [2.05, 4.69) is 10.0 Å². The number of amides is 1. The second-order valence-corrected chi connectivity index (χ2v) is 8.83. The molecule has 0 fully saturated rings. The van der Waals surface area contributed by atoms with Crippen molar-refractivity contribution in [3.05, 3.63) is 83.7 Å². The van der Waals surface area contributed by atoms with E-state index in [-0.39, 0.29) is 23.4 Å². The number of rotatable bonds is 7. The van der Waals surface area contributed by atoms with E-state index in [9.17, 15) is 13.2 Å². The second kappa shape index (κ2) is 8.73. The lowest BCUT2D eigenvalue weighted by atomic mass is 9.93. The maximum atomic E-state index is 12.4. The van der Waals surface area contributed by atoms with Gasteiger partial charge in [0.2, 0.25) is 15.9 Å². The van der Waals surface area contributed by atoms with E-state index in [0.29, 0.717) is 5.76 Å². The minimum atomic E-state index is -3.65. The number of nitrogens with one attached hydrogen (secondary N) is 2. The summed E-state index contributed by atoms with van der Waals surface area (Å²) in [5, 5.41) is 3.00. The van der Waals surface area contributed by atoms with Crippen molar-refractivity contribution in [1.82, 2.24) is 10.0 Å². The van der Waals surface area contributed by atoms with Gasteiger partial charge in [-0.05, 0) is 54.8 Å². The van der Waals surface area contributed by atoms with Crippen LogP contribution < -0.4 is 10.0 Å². The molecule has 2 heterocycles. The smallest absolute Gasteiger partial charge is 0.244 e. The van der Waals surface area contributed by atoms with E-state index in [1.54, 1.807) is 36.6 Å². The van der Waals surface area contributed by atoms with Crippen LogP contribution in [0, 0.1) is 0 Å². The molecule has 0 aliphatic heterocycles. The molecule has 30 heavy (non-hydrogen) atoms. The van der Waals surface area contributed by atoms with Crippen LogP contribution in [0.3, 0.4) is 0 Å². The molecule has 0 saturated carbocycles. The maximum absolute atomic E-state index is 12.4. The van der Waals surface area contributed by atoms with Crippen LogP contribution in [0.15, 0.2) is 74.8 Å². The van der Waals surface area contributed by atoms with Gasteiger partial charge in [-0.15, -0.1) is 0 Å². The van der Waals surface area contributed by atoms with Crippen molar-refractivity contribution in [3.63, 3.8) is 0 Å². The zero-order chi connectivity index (χ0) is 21.0. The van der Waals surface area contributed by atoms with Crippen molar-refractivity contribution in [2.45, 2.75) is 36.7 Å². The Morgan fingerprint density at radius 3 is 2.70 bits per heavy atom. The lowest BCUT2D eigenvalue weighted by Crippen LogP contribution is -2.29. The van der Waals surface area contributed by atoms with Crippen molar-refractivity contribution < 1.29 is 22.0 Å². The van der Waals surface area contributed by atoms with Crippen LogP contribution in [0.4, 0.5) is 0 Å². The van der Waals surface area contributed by atoms with Crippen LogP contribution in [0.1, 0.15) is 41.5 Å². The van der Waals surface area contributed by atoms with Crippen molar-refractivity contribution in [3.8, 4) is 0 Å². The summed E-state index contributed by atoms with van der Waals surface area (Å²) in [4.78, 5) is 12.4. The normalized spacial score (nSPS) is 16.5. The standard InChI is InChI=1S/C22H22N2O5S/c25-22(24-20-4-1-5-21-19(20)12-14-29-21)11-8-16-6-9-18(10-7-16)30(26,27)23-15-17-3-2-13-28-17/h2-3,6-14,20,23H,1,4-5,15H2,(H,24,25)/b11-8+. The van der Waals surface area contributed by atoms with Gasteiger partial charge in [-0.2, -0.15) is 0 Å². The highest BCUT2D eigenvalue weighted by molar-refractivity contribution is 7.89. The number of furan rings is 2. The number of aryl methyl sites for hydroxylation is 1. The number of fused-ring (bicyclic) bond motifs is 1. The van der Waals surface area contributed by atoms with E-state index in [1.165, 1.54) is 24.5 Å². The van der Waals surface area contributed by atoms with E-state index >= 15 is 0 Å². The molecule has 4 rings (SSSR count). The third-order valence-corrected chi connectivity index (χ3v) is 6.42. The quantitative estimate of drug-likeness (QED) is 0.563. The molecule has 1 aliphatic carbocycles. The SMILES string of the molecule is O=C(/C=C/c1ccc(S(=O)(=O)NCc2ccco2)cc1)NC1CCCc2occc21. The number of sulfonamides is 1. The predicted octanol–water partition coefficient (Wildman–Crippen LogP) is 3.56. The largest absolute Gasteiger partial charge is 0.469 e. The van der Waals surface area contributed by atoms with Gasteiger partial charge in [0.25, 0.3) is 0 Å². The molecule has 1 atom stereocenters. The van der Waals surface area contributed by atoms with E-state index < -0.39 is 10.0 Å². The molecule has 0 spiro atoms. The third kappa shape index (κ3) is 4.72. The van der Waals surface area contributed by atoms with Crippen LogP contribution in [-0.2, 0) is 27.8 Å². The predicted molar refractivity (Wildman–Crippen MR) is 111 cm³/mol. The van der Waals surface area contributed by atoms with Gasteiger partial charge >= 0.3 is 0 Å². The van der Waals surface area contributed by atoms with Gasteiger partial charge in [0.05, 0.1) is 30.0 Å². The Bertz CT molecular complexity index is 1130. The van der Waals surface area contributed by atoms with Crippen molar-refractivity contribution >= 4 is 22.0 Å². The molecule has 7 nitrogen and oxygen atoms in total. The molecule has 1 amide bonds. The molecule has 1 aromatic carbocycles. The van der Waals surface area contributed by atoms with E-state index in [0.717, 1.165) is 36.1 Å². The maximum Gasteiger partial charge on any atom is 0.244 e. The summed E-state index contributed by atoms with van der Waals surface area (Å²) in [5.41, 5.74) is 1.77. The first-order valence-electron chi connectivity index (χ1n) is 9.68. The van der Waals surface area contributed by atoms with Crippen LogP contribution in [-0.4, -0.2) is 14.3 Å². The zero-order valence-corrected chi connectivity index (χ0v) is 17.0. The molecule has 2 aromatic heterocycles. The Morgan fingerprint density at radius 1 is 1.10 bits per heavy atom. The number of hydrogen-bond acceptors (Lipinski definition) is 5. The van der Waals surface area contributed by atoms with Gasteiger partial charge < -0.3 is 14.2 Å². The number of hydrogen-bond donors (Lipinski definition) is 2. The molecule has 3 aromatic rings. The highest BCUT2D eigenvalue weighted by Crippen LogP contribution is 2.30. The van der Waals surface area contributed by atoms with Gasteiger partial charge in [0.15, 0.2) is 0 Å². The van der Waals surface area contributed by atoms with Gasteiger partial charge in [0.1, 0.15) is 11.5 Å². The minimum absolute atomic E-state index is 0.0441. The Kier molecular flexibility index (Phi) is 5.87. The van der Waals surface area contributed by atoms with Gasteiger partial charge in [-0.1, -0.05) is 12.1 Å². The Balaban J connectivity index is 1.35. The first kappa shape index (κ1) is 20.2. The summed E-state index contributed by atoms with van der Waals surface area (Å²) in [6.45, 7) is 0.0801. The molecule has 0 radical (unpaired) electrons. The summed E-state index contributed by atoms with van der Waals surface area (Å²) in [7, 11) is -3.65. The molecular weight excluding hydrogens is 404 g/mol. The van der Waals surface area contributed by atoms with Gasteiger partial charge in [-0.3, -0.25) is 4.79 Å². The summed E-state index contributed by atoms with van der Waals surface area (Å²) >= 11 is 0. The fraction of sp³-hybridized carbons (Fsp3) is 0.227. The Morgan fingerprint density at radius 2 is 1.93 bits per heavy atom. The van der Waals surface area contributed by atoms with Gasteiger partial charge in [-0.25, -0.2) is 13.1 Å². The first-order chi connectivity index (χ1) is 14.5. The fourth-order valence-corrected chi connectivity index (χ4v) is 4.44. The number of carbonyl (C=O) groups is 1. The summed E-state index contributed by atoms with van der Waals surface area (Å²) in [5.74, 6) is 1.27. The van der Waals surface area contributed by atoms with Gasteiger partial charge in [0, 0.05) is 18.1 Å².